The molecule has 1 aromatic heterocycles. The highest BCUT2D eigenvalue weighted by Gasteiger charge is 2.54. The van der Waals surface area contributed by atoms with Crippen molar-refractivity contribution in [1.29, 1.82) is 0 Å². The molecule has 31 heavy (non-hydrogen) atoms. The maximum atomic E-state index is 5.50. The molecule has 0 saturated heterocycles. The lowest BCUT2D eigenvalue weighted by Gasteiger charge is -2.49. The Bertz CT molecular complexity index is 1180. The molecule has 0 unspecified atom stereocenters. The fourth-order valence-corrected chi connectivity index (χ4v) is 7.33. The molecule has 0 radical (unpaired) electrons. The third-order valence-electron chi connectivity index (χ3n) is 9.09. The molecule has 1 heterocycles. The van der Waals surface area contributed by atoms with Crippen LogP contribution in [0.25, 0.3) is 10.9 Å². The number of benzene rings is 2. The summed E-state index contributed by atoms with van der Waals surface area (Å²) in [5, 5.41) is 1.48. The van der Waals surface area contributed by atoms with Crippen molar-refractivity contribution < 1.29 is 4.74 Å². The summed E-state index contributed by atoms with van der Waals surface area (Å²) in [6, 6.07) is 13.9. The van der Waals surface area contributed by atoms with Crippen molar-refractivity contribution in [3.63, 3.8) is 0 Å². The smallest absolute Gasteiger partial charge is 0.119 e. The molecule has 2 aromatic carbocycles. The van der Waals surface area contributed by atoms with Gasteiger partial charge >= 0.3 is 0 Å². The predicted octanol–water partition coefficient (Wildman–Crippen LogP) is 7.04. The first-order valence-electron chi connectivity index (χ1n) is 12.1. The van der Waals surface area contributed by atoms with E-state index in [0.29, 0.717) is 11.3 Å². The van der Waals surface area contributed by atoms with Gasteiger partial charge in [0.15, 0.2) is 0 Å². The Morgan fingerprint density at radius 3 is 2.68 bits per heavy atom. The number of rotatable bonds is 1. The minimum absolute atomic E-state index is 0.187. The Hall–Kier alpha value is -2.22. The molecule has 3 aromatic rings. The standard InChI is InChI=1S/C29H35NO/c1-28(2,3)18-7-11-26-23(15-18)24-16-25-22-9-6-17-14-19(31-5)8-10-20(17)21(22)12-13-29(25,4)27(24)30-26/h7-8,10-11,14-15,21-22,25,30H,6,9,12-13,16H2,1-5H3/t21-,22+,25+,29+/m1/s1. The van der Waals surface area contributed by atoms with E-state index in [2.05, 4.69) is 69.1 Å². The van der Waals surface area contributed by atoms with E-state index in [1.807, 2.05) is 0 Å². The number of aryl methyl sites for hydroxylation is 1. The van der Waals surface area contributed by atoms with Crippen LogP contribution in [0.4, 0.5) is 0 Å². The topological polar surface area (TPSA) is 25.0 Å². The van der Waals surface area contributed by atoms with Crippen molar-refractivity contribution in [2.45, 2.75) is 76.5 Å². The quantitative estimate of drug-likeness (QED) is 0.454. The second kappa shape index (κ2) is 6.40. The van der Waals surface area contributed by atoms with E-state index in [-0.39, 0.29) is 5.41 Å². The highest BCUT2D eigenvalue weighted by atomic mass is 16.5. The van der Waals surface area contributed by atoms with Crippen LogP contribution >= 0.6 is 0 Å². The molecule has 0 amide bonds. The lowest BCUT2D eigenvalue weighted by Crippen LogP contribution is -2.43. The van der Waals surface area contributed by atoms with Crippen LogP contribution in [0.1, 0.15) is 80.8 Å². The van der Waals surface area contributed by atoms with Gasteiger partial charge in [-0.3, -0.25) is 0 Å². The lowest BCUT2D eigenvalue weighted by atomic mass is 9.55. The minimum Gasteiger partial charge on any atom is -0.497 e. The second-order valence-corrected chi connectivity index (χ2v) is 11.6. The monoisotopic (exact) mass is 413 g/mol. The van der Waals surface area contributed by atoms with E-state index in [4.69, 9.17) is 4.74 Å². The largest absolute Gasteiger partial charge is 0.497 e. The van der Waals surface area contributed by atoms with Crippen LogP contribution in [-0.4, -0.2) is 12.1 Å². The molecule has 2 nitrogen and oxygen atoms in total. The van der Waals surface area contributed by atoms with Crippen molar-refractivity contribution >= 4 is 10.9 Å². The molecule has 1 N–H and O–H groups in total. The first-order valence-corrected chi connectivity index (χ1v) is 12.1. The zero-order chi connectivity index (χ0) is 21.5. The van der Waals surface area contributed by atoms with Gasteiger partial charge in [-0.05, 0) is 102 Å². The van der Waals surface area contributed by atoms with Gasteiger partial charge in [0.25, 0.3) is 0 Å². The van der Waals surface area contributed by atoms with Crippen molar-refractivity contribution in [1.82, 2.24) is 4.98 Å². The summed E-state index contributed by atoms with van der Waals surface area (Å²) in [6.45, 7) is 9.52. The van der Waals surface area contributed by atoms with E-state index in [0.717, 1.165) is 17.6 Å². The van der Waals surface area contributed by atoms with Crippen LogP contribution < -0.4 is 4.74 Å². The number of nitrogens with one attached hydrogen (secondary N) is 1. The highest BCUT2D eigenvalue weighted by molar-refractivity contribution is 5.87. The summed E-state index contributed by atoms with van der Waals surface area (Å²) in [4.78, 5) is 3.91. The molecule has 1 fully saturated rings. The van der Waals surface area contributed by atoms with E-state index in [1.165, 1.54) is 54.1 Å². The van der Waals surface area contributed by atoms with Gasteiger partial charge < -0.3 is 9.72 Å². The fraction of sp³-hybridized carbons (Fsp3) is 0.517. The van der Waals surface area contributed by atoms with Crippen LogP contribution in [0.3, 0.4) is 0 Å². The number of methoxy groups -OCH3 is 1. The fourth-order valence-electron chi connectivity index (χ4n) is 7.33. The third kappa shape index (κ3) is 2.69. The number of ether oxygens (including phenoxy) is 1. The normalized spacial score (nSPS) is 29.3. The van der Waals surface area contributed by atoms with Crippen molar-refractivity contribution in [3.8, 4) is 5.75 Å². The highest BCUT2D eigenvalue weighted by Crippen LogP contribution is 2.60. The number of hydrogen-bond acceptors (Lipinski definition) is 1. The predicted molar refractivity (Wildman–Crippen MR) is 128 cm³/mol. The van der Waals surface area contributed by atoms with Gasteiger partial charge in [-0.2, -0.15) is 0 Å². The zero-order valence-electron chi connectivity index (χ0n) is 19.6. The summed E-state index contributed by atoms with van der Waals surface area (Å²) < 4.78 is 5.50. The molecule has 6 rings (SSSR count). The van der Waals surface area contributed by atoms with Crippen molar-refractivity contribution in [3.05, 3.63) is 64.3 Å². The van der Waals surface area contributed by atoms with Gasteiger partial charge in [-0.25, -0.2) is 0 Å². The maximum Gasteiger partial charge on any atom is 0.119 e. The van der Waals surface area contributed by atoms with Crippen LogP contribution in [0.15, 0.2) is 36.4 Å². The molecule has 3 aliphatic rings. The SMILES string of the molecule is COc1ccc2c(c1)CC[C@H]1[C@@H]2CC[C@]2(C)c3[nH]c4ccc(C(C)(C)C)cc4c3C[C@@H]12. The minimum atomic E-state index is 0.187. The summed E-state index contributed by atoms with van der Waals surface area (Å²) in [5.41, 5.74) is 9.57. The second-order valence-electron chi connectivity index (χ2n) is 11.6. The van der Waals surface area contributed by atoms with Gasteiger partial charge in [0.1, 0.15) is 5.75 Å². The Morgan fingerprint density at radius 2 is 1.90 bits per heavy atom. The van der Waals surface area contributed by atoms with Gasteiger partial charge in [0.05, 0.1) is 7.11 Å². The Morgan fingerprint density at radius 1 is 1.06 bits per heavy atom. The van der Waals surface area contributed by atoms with Gasteiger partial charge in [-0.15, -0.1) is 0 Å². The zero-order valence-corrected chi connectivity index (χ0v) is 19.6. The van der Waals surface area contributed by atoms with E-state index >= 15 is 0 Å². The number of hydrogen-bond donors (Lipinski definition) is 1. The number of H-pyrrole nitrogens is 1. The molecule has 0 spiro atoms. The summed E-state index contributed by atoms with van der Waals surface area (Å²) in [6.07, 6.45) is 6.35. The van der Waals surface area contributed by atoms with Crippen LogP contribution in [0.5, 0.6) is 5.75 Å². The van der Waals surface area contributed by atoms with E-state index in [9.17, 15) is 0 Å². The number of fused-ring (bicyclic) bond motifs is 9. The average molecular weight is 414 g/mol. The van der Waals surface area contributed by atoms with Gasteiger partial charge in [0.2, 0.25) is 0 Å². The molecule has 0 aliphatic heterocycles. The van der Waals surface area contributed by atoms with Crippen LogP contribution in [-0.2, 0) is 23.7 Å². The van der Waals surface area contributed by atoms with Crippen molar-refractivity contribution in [2.24, 2.45) is 11.8 Å². The summed E-state index contributed by atoms with van der Waals surface area (Å²) >= 11 is 0. The lowest BCUT2D eigenvalue weighted by molar-refractivity contribution is 0.104. The molecule has 1 saturated carbocycles. The molecule has 162 valence electrons. The molecule has 2 heteroatoms. The van der Waals surface area contributed by atoms with Crippen LogP contribution in [0.2, 0.25) is 0 Å². The van der Waals surface area contributed by atoms with E-state index < -0.39 is 0 Å². The molecule has 0 bridgehead atoms. The first-order chi connectivity index (χ1) is 14.8. The van der Waals surface area contributed by atoms with Gasteiger partial charge in [-0.1, -0.05) is 39.8 Å². The van der Waals surface area contributed by atoms with Crippen molar-refractivity contribution in [2.75, 3.05) is 7.11 Å². The van der Waals surface area contributed by atoms with Gasteiger partial charge in [0, 0.05) is 22.0 Å². The number of aromatic amines is 1. The maximum absolute atomic E-state index is 5.50. The Balaban J connectivity index is 1.40. The first kappa shape index (κ1) is 19.5. The Kier molecular flexibility index (Phi) is 4.02. The molecular weight excluding hydrogens is 378 g/mol. The molecular formula is C29H35NO. The number of aromatic nitrogens is 1. The third-order valence-corrected chi connectivity index (χ3v) is 9.09. The van der Waals surface area contributed by atoms with E-state index in [1.54, 1.807) is 23.9 Å². The summed E-state index contributed by atoms with van der Waals surface area (Å²) in [7, 11) is 1.78. The molecule has 3 aliphatic carbocycles. The average Bonchev–Trinajstić information content (AvgIpc) is 3.26. The van der Waals surface area contributed by atoms with Crippen LogP contribution in [0, 0.1) is 11.8 Å². The molecule has 4 atom stereocenters. The summed E-state index contributed by atoms with van der Waals surface area (Å²) in [5.74, 6) is 3.27. The Labute approximate surface area is 186 Å².